The molecule has 0 aliphatic heterocycles. The lowest BCUT2D eigenvalue weighted by Gasteiger charge is -2.15. The molecule has 0 aromatic heterocycles. The van der Waals surface area contributed by atoms with Gasteiger partial charge < -0.3 is 24.3 Å². The highest BCUT2D eigenvalue weighted by atomic mass is 35.5. The average Bonchev–Trinajstić information content (AvgIpc) is 2.79. The molecule has 6 nitrogen and oxygen atoms in total. The summed E-state index contributed by atoms with van der Waals surface area (Å²) in [7, 11) is 4.55. The Kier molecular flexibility index (Phi) is 7.50. The van der Waals surface area contributed by atoms with Gasteiger partial charge >= 0.3 is 0 Å². The van der Waals surface area contributed by atoms with E-state index in [1.807, 2.05) is 0 Å². The molecule has 0 bridgehead atoms. The lowest BCUT2D eigenvalue weighted by atomic mass is 10.1. The SMILES string of the molecule is COc1cc(NC(=O)c2ccc(OC)c(COc3ccc(Cl)cc3)c2)c(OC)cc1Cl. The molecule has 31 heavy (non-hydrogen) atoms. The van der Waals surface area contributed by atoms with Crippen molar-refractivity contribution in [3.05, 3.63) is 75.8 Å². The van der Waals surface area contributed by atoms with Crippen LogP contribution in [0.5, 0.6) is 23.0 Å². The van der Waals surface area contributed by atoms with Crippen LogP contribution in [0.1, 0.15) is 15.9 Å². The normalized spacial score (nSPS) is 10.4. The summed E-state index contributed by atoms with van der Waals surface area (Å²) in [6, 6.07) is 15.3. The fraction of sp³-hybridized carbons (Fsp3) is 0.174. The van der Waals surface area contributed by atoms with Gasteiger partial charge in [0.05, 0.1) is 32.0 Å². The van der Waals surface area contributed by atoms with Gasteiger partial charge in [-0.15, -0.1) is 0 Å². The van der Waals surface area contributed by atoms with Crippen LogP contribution in [-0.4, -0.2) is 27.2 Å². The molecule has 0 radical (unpaired) electrons. The predicted molar refractivity (Wildman–Crippen MR) is 121 cm³/mol. The van der Waals surface area contributed by atoms with Crippen molar-refractivity contribution in [1.29, 1.82) is 0 Å². The molecule has 0 spiro atoms. The van der Waals surface area contributed by atoms with Gasteiger partial charge in [0.1, 0.15) is 29.6 Å². The number of halogens is 2. The van der Waals surface area contributed by atoms with Crippen LogP contribution in [0, 0.1) is 0 Å². The molecule has 0 unspecified atom stereocenters. The summed E-state index contributed by atoms with van der Waals surface area (Å²) >= 11 is 12.0. The zero-order valence-electron chi connectivity index (χ0n) is 17.2. The Morgan fingerprint density at radius 2 is 1.52 bits per heavy atom. The first-order chi connectivity index (χ1) is 14.9. The molecule has 0 saturated heterocycles. The number of benzene rings is 3. The van der Waals surface area contributed by atoms with Gasteiger partial charge in [0.2, 0.25) is 0 Å². The number of carbonyl (C=O) groups is 1. The first kappa shape index (κ1) is 22.6. The van der Waals surface area contributed by atoms with Gasteiger partial charge in [-0.3, -0.25) is 4.79 Å². The average molecular weight is 462 g/mol. The van der Waals surface area contributed by atoms with Crippen molar-refractivity contribution in [2.75, 3.05) is 26.6 Å². The highest BCUT2D eigenvalue weighted by molar-refractivity contribution is 6.32. The third kappa shape index (κ3) is 5.54. The van der Waals surface area contributed by atoms with Crippen molar-refractivity contribution in [1.82, 2.24) is 0 Å². The largest absolute Gasteiger partial charge is 0.496 e. The number of methoxy groups -OCH3 is 3. The lowest BCUT2D eigenvalue weighted by molar-refractivity contribution is 0.102. The monoisotopic (exact) mass is 461 g/mol. The number of anilines is 1. The van der Waals surface area contributed by atoms with Crippen molar-refractivity contribution in [3.63, 3.8) is 0 Å². The fourth-order valence-corrected chi connectivity index (χ4v) is 3.23. The predicted octanol–water partition coefficient (Wildman–Crippen LogP) is 5.85. The molecule has 0 fully saturated rings. The van der Waals surface area contributed by atoms with Crippen molar-refractivity contribution in [3.8, 4) is 23.0 Å². The van der Waals surface area contributed by atoms with Gasteiger partial charge in [-0.25, -0.2) is 0 Å². The molecule has 162 valence electrons. The molecule has 1 N–H and O–H groups in total. The number of carbonyl (C=O) groups excluding carboxylic acids is 1. The van der Waals surface area contributed by atoms with E-state index in [0.717, 1.165) is 0 Å². The van der Waals surface area contributed by atoms with E-state index in [1.165, 1.54) is 14.2 Å². The molecule has 0 atom stereocenters. The van der Waals surface area contributed by atoms with Gasteiger partial charge in [0.15, 0.2) is 0 Å². The Balaban J connectivity index is 1.81. The minimum absolute atomic E-state index is 0.212. The molecule has 1 amide bonds. The molecular weight excluding hydrogens is 441 g/mol. The number of ether oxygens (including phenoxy) is 4. The van der Waals surface area contributed by atoms with Crippen molar-refractivity contribution in [2.45, 2.75) is 6.61 Å². The third-order valence-corrected chi connectivity index (χ3v) is 5.02. The van der Waals surface area contributed by atoms with Crippen LogP contribution in [0.15, 0.2) is 54.6 Å². The highest BCUT2D eigenvalue weighted by Gasteiger charge is 2.16. The number of hydrogen-bond donors (Lipinski definition) is 1. The van der Waals surface area contributed by atoms with Crippen molar-refractivity contribution in [2.24, 2.45) is 0 Å². The molecule has 3 rings (SSSR count). The van der Waals surface area contributed by atoms with E-state index >= 15 is 0 Å². The van der Waals surface area contributed by atoms with Crippen molar-refractivity contribution >= 4 is 34.8 Å². The van der Waals surface area contributed by atoms with Crippen molar-refractivity contribution < 1.29 is 23.7 Å². The maximum absolute atomic E-state index is 12.9. The van der Waals surface area contributed by atoms with Crippen LogP contribution in [-0.2, 0) is 6.61 Å². The highest BCUT2D eigenvalue weighted by Crippen LogP contribution is 2.36. The zero-order chi connectivity index (χ0) is 22.4. The van der Waals surface area contributed by atoms with Gasteiger partial charge in [-0.2, -0.15) is 0 Å². The van der Waals surface area contributed by atoms with Crippen LogP contribution in [0.2, 0.25) is 10.0 Å². The van der Waals surface area contributed by atoms with Crippen LogP contribution >= 0.6 is 23.2 Å². The number of amides is 1. The topological polar surface area (TPSA) is 66.0 Å². The summed E-state index contributed by atoms with van der Waals surface area (Å²) in [5.74, 6) is 1.76. The Morgan fingerprint density at radius 3 is 2.16 bits per heavy atom. The fourth-order valence-electron chi connectivity index (χ4n) is 2.88. The molecule has 8 heteroatoms. The molecule has 0 saturated carbocycles. The quantitative estimate of drug-likeness (QED) is 0.455. The van der Waals surface area contributed by atoms with Gasteiger partial charge in [-0.1, -0.05) is 23.2 Å². The summed E-state index contributed by atoms with van der Waals surface area (Å²) in [6.07, 6.45) is 0. The van der Waals surface area contributed by atoms with E-state index in [1.54, 1.807) is 61.7 Å². The maximum atomic E-state index is 12.9. The molecular formula is C23H21Cl2NO5. The second kappa shape index (κ2) is 10.3. The summed E-state index contributed by atoms with van der Waals surface area (Å²) in [4.78, 5) is 12.9. The first-order valence-electron chi connectivity index (χ1n) is 9.23. The van der Waals surface area contributed by atoms with Gasteiger partial charge in [0.25, 0.3) is 5.91 Å². The number of rotatable bonds is 8. The molecule has 0 heterocycles. The Labute approximate surface area is 190 Å². The van der Waals surface area contributed by atoms with E-state index in [-0.39, 0.29) is 12.5 Å². The standard InChI is InChI=1S/C23H21Cl2NO5/c1-28-20-9-4-14(10-15(20)13-31-17-7-5-16(24)6-8-17)23(27)26-19-12-21(29-2)18(25)11-22(19)30-3/h4-12H,13H2,1-3H3,(H,26,27). The Hall–Kier alpha value is -3.09. The zero-order valence-corrected chi connectivity index (χ0v) is 18.7. The molecule has 0 aliphatic rings. The second-order valence-electron chi connectivity index (χ2n) is 6.41. The number of nitrogens with one attached hydrogen (secondary N) is 1. The van der Waals surface area contributed by atoms with E-state index in [4.69, 9.17) is 42.1 Å². The van der Waals surface area contributed by atoms with E-state index in [0.29, 0.717) is 49.9 Å². The second-order valence-corrected chi connectivity index (χ2v) is 7.25. The molecule has 3 aromatic rings. The van der Waals surface area contributed by atoms with Crippen LogP contribution < -0.4 is 24.3 Å². The Bertz CT molecular complexity index is 1070. The minimum atomic E-state index is -0.335. The molecule has 0 aliphatic carbocycles. The van der Waals surface area contributed by atoms with Crippen LogP contribution in [0.25, 0.3) is 0 Å². The van der Waals surface area contributed by atoms with E-state index in [2.05, 4.69) is 5.32 Å². The summed E-state index contributed by atoms with van der Waals surface area (Å²) < 4.78 is 21.7. The number of hydrogen-bond acceptors (Lipinski definition) is 5. The maximum Gasteiger partial charge on any atom is 0.255 e. The molecule has 3 aromatic carbocycles. The summed E-state index contributed by atoms with van der Waals surface area (Å²) in [5, 5.41) is 3.83. The van der Waals surface area contributed by atoms with Crippen LogP contribution in [0.4, 0.5) is 5.69 Å². The van der Waals surface area contributed by atoms with Gasteiger partial charge in [0, 0.05) is 28.3 Å². The van der Waals surface area contributed by atoms with Gasteiger partial charge in [-0.05, 0) is 42.5 Å². The summed E-state index contributed by atoms with van der Waals surface area (Å²) in [6.45, 7) is 0.212. The van der Waals surface area contributed by atoms with E-state index < -0.39 is 0 Å². The summed E-state index contributed by atoms with van der Waals surface area (Å²) in [5.41, 5.74) is 1.57. The first-order valence-corrected chi connectivity index (χ1v) is 9.99. The van der Waals surface area contributed by atoms with E-state index in [9.17, 15) is 4.79 Å². The smallest absolute Gasteiger partial charge is 0.255 e. The Morgan fingerprint density at radius 1 is 0.839 bits per heavy atom. The lowest BCUT2D eigenvalue weighted by Crippen LogP contribution is -2.13. The van der Waals surface area contributed by atoms with Crippen LogP contribution in [0.3, 0.4) is 0 Å². The third-order valence-electron chi connectivity index (χ3n) is 4.47. The minimum Gasteiger partial charge on any atom is -0.496 e.